The molecule has 0 radical (unpaired) electrons. The standard InChI is InChI=1S/C22H24FN7O/c1-13-6-9-27-21(19(13)23)16-5-4-15(25)20(28-16)22(31)29-17-11-26-8-7-18(17)30-10-2-3-14(24)12-30/h4-9,11,14H,2-3,10,12,24-25H2,1H3,(H,29,31)/t14-/m0/s1. The summed E-state index contributed by atoms with van der Waals surface area (Å²) in [4.78, 5) is 27.7. The lowest BCUT2D eigenvalue weighted by Crippen LogP contribution is -2.43. The van der Waals surface area contributed by atoms with Gasteiger partial charge in [-0.1, -0.05) is 0 Å². The molecule has 0 spiro atoms. The van der Waals surface area contributed by atoms with Crippen LogP contribution in [0.5, 0.6) is 0 Å². The number of anilines is 3. The third kappa shape index (κ3) is 4.31. The quantitative estimate of drug-likeness (QED) is 0.592. The van der Waals surface area contributed by atoms with E-state index in [9.17, 15) is 9.18 Å². The zero-order chi connectivity index (χ0) is 22.0. The summed E-state index contributed by atoms with van der Waals surface area (Å²) in [5, 5.41) is 2.84. The number of piperidine rings is 1. The molecular weight excluding hydrogens is 397 g/mol. The van der Waals surface area contributed by atoms with Crippen LogP contribution in [0.4, 0.5) is 21.5 Å². The van der Waals surface area contributed by atoms with Crippen molar-refractivity contribution in [3.05, 3.63) is 59.9 Å². The fourth-order valence-corrected chi connectivity index (χ4v) is 3.67. The molecule has 160 valence electrons. The Morgan fingerprint density at radius 1 is 1.26 bits per heavy atom. The smallest absolute Gasteiger partial charge is 0.276 e. The Hall–Kier alpha value is -3.59. The Balaban J connectivity index is 1.64. The average molecular weight is 421 g/mol. The van der Waals surface area contributed by atoms with Crippen LogP contribution in [0.25, 0.3) is 11.4 Å². The molecule has 0 bridgehead atoms. The van der Waals surface area contributed by atoms with Crippen molar-refractivity contribution in [1.29, 1.82) is 0 Å². The maximum atomic E-state index is 14.5. The zero-order valence-electron chi connectivity index (χ0n) is 17.2. The molecule has 31 heavy (non-hydrogen) atoms. The van der Waals surface area contributed by atoms with Crippen LogP contribution in [0.15, 0.2) is 42.9 Å². The van der Waals surface area contributed by atoms with Gasteiger partial charge in [0.1, 0.15) is 5.69 Å². The third-order valence-electron chi connectivity index (χ3n) is 5.31. The van der Waals surface area contributed by atoms with Gasteiger partial charge in [0.05, 0.1) is 29.0 Å². The Labute approximate surface area is 179 Å². The van der Waals surface area contributed by atoms with Crippen LogP contribution in [-0.4, -0.2) is 40.0 Å². The summed E-state index contributed by atoms with van der Waals surface area (Å²) in [6, 6.07) is 6.56. The summed E-state index contributed by atoms with van der Waals surface area (Å²) in [6.07, 6.45) is 6.69. The molecule has 8 nitrogen and oxygen atoms in total. The monoisotopic (exact) mass is 421 g/mol. The predicted molar refractivity (Wildman–Crippen MR) is 118 cm³/mol. The molecule has 0 unspecified atom stereocenters. The second-order valence-corrected chi connectivity index (χ2v) is 7.62. The van der Waals surface area contributed by atoms with Gasteiger partial charge in [0.25, 0.3) is 5.91 Å². The van der Waals surface area contributed by atoms with Crippen molar-refractivity contribution in [2.24, 2.45) is 5.73 Å². The lowest BCUT2D eigenvalue weighted by atomic mass is 10.1. The molecule has 1 amide bonds. The van der Waals surface area contributed by atoms with E-state index in [1.807, 2.05) is 6.07 Å². The summed E-state index contributed by atoms with van der Waals surface area (Å²) in [5.74, 6) is -0.995. The van der Waals surface area contributed by atoms with Gasteiger partial charge in [-0.2, -0.15) is 0 Å². The van der Waals surface area contributed by atoms with Crippen molar-refractivity contribution < 1.29 is 9.18 Å². The van der Waals surface area contributed by atoms with Crippen molar-refractivity contribution in [3.8, 4) is 11.4 Å². The Bertz CT molecular complexity index is 1120. The van der Waals surface area contributed by atoms with Crippen molar-refractivity contribution >= 4 is 23.0 Å². The second-order valence-electron chi connectivity index (χ2n) is 7.62. The normalized spacial score (nSPS) is 16.2. The number of hydrogen-bond donors (Lipinski definition) is 3. The van der Waals surface area contributed by atoms with Crippen molar-refractivity contribution in [1.82, 2.24) is 15.0 Å². The zero-order valence-corrected chi connectivity index (χ0v) is 17.2. The molecule has 1 atom stereocenters. The van der Waals surface area contributed by atoms with E-state index in [1.54, 1.807) is 31.5 Å². The number of rotatable bonds is 4. The van der Waals surface area contributed by atoms with Gasteiger partial charge >= 0.3 is 0 Å². The number of pyridine rings is 3. The van der Waals surface area contributed by atoms with Crippen LogP contribution >= 0.6 is 0 Å². The molecule has 9 heteroatoms. The number of aryl methyl sites for hydroxylation is 1. The van der Waals surface area contributed by atoms with Crippen LogP contribution in [0.2, 0.25) is 0 Å². The molecule has 0 saturated carbocycles. The van der Waals surface area contributed by atoms with Crippen LogP contribution in [0, 0.1) is 12.7 Å². The lowest BCUT2D eigenvalue weighted by molar-refractivity contribution is 0.102. The summed E-state index contributed by atoms with van der Waals surface area (Å²) in [6.45, 7) is 3.18. The molecule has 5 N–H and O–H groups in total. The summed E-state index contributed by atoms with van der Waals surface area (Å²) < 4.78 is 14.5. The van der Waals surface area contributed by atoms with E-state index in [-0.39, 0.29) is 28.8 Å². The van der Waals surface area contributed by atoms with Crippen molar-refractivity contribution in [3.63, 3.8) is 0 Å². The first-order valence-electron chi connectivity index (χ1n) is 10.1. The first kappa shape index (κ1) is 20.7. The van der Waals surface area contributed by atoms with E-state index < -0.39 is 11.7 Å². The molecule has 4 heterocycles. The molecular formula is C22H24FN7O. The highest BCUT2D eigenvalue weighted by Gasteiger charge is 2.22. The number of aromatic nitrogens is 3. The van der Waals surface area contributed by atoms with E-state index >= 15 is 0 Å². The highest BCUT2D eigenvalue weighted by Crippen LogP contribution is 2.28. The first-order valence-corrected chi connectivity index (χ1v) is 10.1. The van der Waals surface area contributed by atoms with E-state index in [0.29, 0.717) is 17.8 Å². The average Bonchev–Trinajstić information content (AvgIpc) is 2.76. The molecule has 3 aromatic rings. The number of carbonyl (C=O) groups excluding carboxylic acids is 1. The Morgan fingerprint density at radius 2 is 2.10 bits per heavy atom. The van der Waals surface area contributed by atoms with E-state index in [1.165, 1.54) is 12.3 Å². The Kier molecular flexibility index (Phi) is 5.77. The van der Waals surface area contributed by atoms with Gasteiger partial charge in [-0.3, -0.25) is 14.8 Å². The molecule has 4 rings (SSSR count). The largest absolute Gasteiger partial charge is 0.397 e. The molecule has 1 saturated heterocycles. The number of nitrogens with zero attached hydrogens (tertiary/aromatic N) is 4. The number of halogens is 1. The van der Waals surface area contributed by atoms with Gasteiger partial charge in [0, 0.05) is 31.5 Å². The molecule has 1 fully saturated rings. The minimum absolute atomic E-state index is 0.00893. The first-order chi connectivity index (χ1) is 14.9. The molecule has 0 aliphatic carbocycles. The van der Waals surface area contributed by atoms with Gasteiger partial charge in [-0.05, 0) is 49.6 Å². The number of hydrogen-bond acceptors (Lipinski definition) is 7. The van der Waals surface area contributed by atoms with Gasteiger partial charge in [-0.25, -0.2) is 9.37 Å². The van der Waals surface area contributed by atoms with Gasteiger partial charge < -0.3 is 21.7 Å². The van der Waals surface area contributed by atoms with Crippen molar-refractivity contribution in [2.45, 2.75) is 25.8 Å². The SMILES string of the molecule is Cc1ccnc(-c2ccc(N)c(C(=O)Nc3cnccc3N3CCC[C@H](N)C3)n2)c1F. The fraction of sp³-hybridized carbons (Fsp3) is 0.273. The Morgan fingerprint density at radius 3 is 2.90 bits per heavy atom. The van der Waals surface area contributed by atoms with E-state index in [4.69, 9.17) is 11.5 Å². The minimum Gasteiger partial charge on any atom is -0.397 e. The van der Waals surface area contributed by atoms with Crippen LogP contribution in [-0.2, 0) is 0 Å². The minimum atomic E-state index is -0.511. The summed E-state index contributed by atoms with van der Waals surface area (Å²) >= 11 is 0. The maximum Gasteiger partial charge on any atom is 0.276 e. The number of nitrogen functional groups attached to an aromatic ring is 1. The van der Waals surface area contributed by atoms with Gasteiger partial charge in [0.2, 0.25) is 0 Å². The number of nitrogens with two attached hydrogens (primary N) is 2. The maximum absolute atomic E-state index is 14.5. The van der Waals surface area contributed by atoms with E-state index in [2.05, 4.69) is 25.2 Å². The van der Waals surface area contributed by atoms with Crippen molar-refractivity contribution in [2.75, 3.05) is 29.0 Å². The fourth-order valence-electron chi connectivity index (χ4n) is 3.67. The van der Waals surface area contributed by atoms with Crippen LogP contribution < -0.4 is 21.7 Å². The third-order valence-corrected chi connectivity index (χ3v) is 5.31. The van der Waals surface area contributed by atoms with Gasteiger partial charge in [0.15, 0.2) is 11.5 Å². The number of nitrogens with one attached hydrogen (secondary N) is 1. The van der Waals surface area contributed by atoms with E-state index in [0.717, 1.165) is 25.1 Å². The molecule has 1 aliphatic rings. The highest BCUT2D eigenvalue weighted by atomic mass is 19.1. The van der Waals surface area contributed by atoms with Crippen LogP contribution in [0.1, 0.15) is 28.9 Å². The molecule has 1 aliphatic heterocycles. The second kappa shape index (κ2) is 8.65. The van der Waals surface area contributed by atoms with Gasteiger partial charge in [-0.15, -0.1) is 0 Å². The number of amides is 1. The topological polar surface area (TPSA) is 123 Å². The number of carbonyl (C=O) groups is 1. The van der Waals surface area contributed by atoms with Crippen LogP contribution in [0.3, 0.4) is 0 Å². The summed E-state index contributed by atoms with van der Waals surface area (Å²) in [5.41, 5.74) is 14.4. The predicted octanol–water partition coefficient (Wildman–Crippen LogP) is 2.75. The molecule has 3 aromatic heterocycles. The summed E-state index contributed by atoms with van der Waals surface area (Å²) in [7, 11) is 0. The lowest BCUT2D eigenvalue weighted by Gasteiger charge is -2.33. The highest BCUT2D eigenvalue weighted by molar-refractivity contribution is 6.07. The molecule has 0 aromatic carbocycles.